The Hall–Kier alpha value is -0.620. The van der Waals surface area contributed by atoms with Crippen LogP contribution in [0.4, 0.5) is 13.2 Å². The topological polar surface area (TPSA) is 24.9 Å². The van der Waals surface area contributed by atoms with Crippen molar-refractivity contribution in [3.05, 3.63) is 15.6 Å². The lowest BCUT2D eigenvalue weighted by atomic mass is 9.76. The molecule has 0 aliphatic heterocycles. The van der Waals surface area contributed by atoms with Crippen LogP contribution in [-0.4, -0.2) is 17.7 Å². The van der Waals surface area contributed by atoms with Crippen LogP contribution >= 0.6 is 11.3 Å². The number of nitrogens with one attached hydrogen (secondary N) is 1. The summed E-state index contributed by atoms with van der Waals surface area (Å²) in [7, 11) is 0. The molecule has 0 spiro atoms. The Labute approximate surface area is 128 Å². The predicted molar refractivity (Wildman–Crippen MR) is 79.6 cm³/mol. The molecule has 2 rings (SSSR count). The van der Waals surface area contributed by atoms with E-state index in [1.807, 2.05) is 13.8 Å². The SMILES string of the molecule is CCCNC1(c2nc(C)c(C)s2)CCC(C(F)(F)F)CC1. The summed E-state index contributed by atoms with van der Waals surface area (Å²) in [4.78, 5) is 5.77. The van der Waals surface area contributed by atoms with E-state index in [0.717, 1.165) is 28.5 Å². The zero-order chi connectivity index (χ0) is 15.7. The van der Waals surface area contributed by atoms with Gasteiger partial charge in [-0.25, -0.2) is 4.98 Å². The van der Waals surface area contributed by atoms with Gasteiger partial charge < -0.3 is 5.32 Å². The molecule has 120 valence electrons. The maximum atomic E-state index is 12.9. The Morgan fingerprint density at radius 1 is 1.29 bits per heavy atom. The van der Waals surface area contributed by atoms with Crippen LogP contribution in [-0.2, 0) is 5.54 Å². The van der Waals surface area contributed by atoms with Gasteiger partial charge in [0.1, 0.15) is 5.01 Å². The van der Waals surface area contributed by atoms with Crippen molar-refractivity contribution >= 4 is 11.3 Å². The summed E-state index contributed by atoms with van der Waals surface area (Å²) in [6.45, 7) is 6.87. The van der Waals surface area contributed by atoms with Crippen LogP contribution in [0.3, 0.4) is 0 Å². The molecule has 1 aromatic heterocycles. The monoisotopic (exact) mass is 320 g/mol. The number of thiazole rings is 1. The van der Waals surface area contributed by atoms with Crippen molar-refractivity contribution in [3.8, 4) is 0 Å². The van der Waals surface area contributed by atoms with E-state index in [4.69, 9.17) is 0 Å². The molecule has 21 heavy (non-hydrogen) atoms. The van der Waals surface area contributed by atoms with Gasteiger partial charge in [0, 0.05) is 4.88 Å². The highest BCUT2D eigenvalue weighted by atomic mass is 32.1. The van der Waals surface area contributed by atoms with Crippen LogP contribution in [0.2, 0.25) is 0 Å². The van der Waals surface area contributed by atoms with Crippen molar-refractivity contribution in [1.29, 1.82) is 0 Å². The average Bonchev–Trinajstić information content (AvgIpc) is 2.76. The number of rotatable bonds is 4. The van der Waals surface area contributed by atoms with Gasteiger partial charge in [-0.1, -0.05) is 6.92 Å². The van der Waals surface area contributed by atoms with Gasteiger partial charge >= 0.3 is 6.18 Å². The summed E-state index contributed by atoms with van der Waals surface area (Å²) in [5.74, 6) is -1.16. The molecule has 0 amide bonds. The second kappa shape index (κ2) is 6.24. The van der Waals surface area contributed by atoms with E-state index in [0.29, 0.717) is 12.8 Å². The van der Waals surface area contributed by atoms with Crippen LogP contribution in [0.15, 0.2) is 0 Å². The number of aromatic nitrogens is 1. The second-order valence-corrected chi connectivity index (χ2v) is 7.19. The fourth-order valence-electron chi connectivity index (χ4n) is 2.95. The standard InChI is InChI=1S/C15H23F3N2S/c1-4-9-19-14(13-20-10(2)11(3)21-13)7-5-12(6-8-14)15(16,17)18/h12,19H,4-9H2,1-3H3. The minimum atomic E-state index is -4.06. The van der Waals surface area contributed by atoms with Gasteiger partial charge in [0.05, 0.1) is 17.2 Å². The van der Waals surface area contributed by atoms with E-state index < -0.39 is 12.1 Å². The van der Waals surface area contributed by atoms with Crippen molar-refractivity contribution in [1.82, 2.24) is 10.3 Å². The van der Waals surface area contributed by atoms with Crippen LogP contribution in [0, 0.1) is 19.8 Å². The smallest absolute Gasteiger partial charge is 0.305 e. The predicted octanol–water partition coefficient (Wildman–Crippen LogP) is 4.71. The van der Waals surface area contributed by atoms with Gasteiger partial charge in [-0.15, -0.1) is 11.3 Å². The quantitative estimate of drug-likeness (QED) is 0.869. The summed E-state index contributed by atoms with van der Waals surface area (Å²) < 4.78 is 38.6. The minimum Gasteiger partial charge on any atom is -0.305 e. The molecule has 1 fully saturated rings. The third-order valence-electron chi connectivity index (χ3n) is 4.45. The van der Waals surface area contributed by atoms with Crippen molar-refractivity contribution in [2.45, 2.75) is 64.6 Å². The van der Waals surface area contributed by atoms with E-state index in [-0.39, 0.29) is 18.4 Å². The molecule has 1 aliphatic carbocycles. The zero-order valence-corrected chi connectivity index (χ0v) is 13.6. The molecule has 0 radical (unpaired) electrons. The molecular formula is C15H23F3N2S. The number of halogens is 3. The molecule has 1 aliphatic rings. The highest BCUT2D eigenvalue weighted by Crippen LogP contribution is 2.46. The molecule has 6 heteroatoms. The van der Waals surface area contributed by atoms with Crippen LogP contribution in [0.25, 0.3) is 0 Å². The molecule has 1 aromatic rings. The summed E-state index contributed by atoms with van der Waals surface area (Å²) in [6.07, 6.45) is -1.68. The molecule has 0 unspecified atom stereocenters. The molecule has 0 atom stereocenters. The van der Waals surface area contributed by atoms with Gasteiger partial charge in [-0.3, -0.25) is 0 Å². The molecule has 0 bridgehead atoms. The number of nitrogens with zero attached hydrogens (tertiary/aromatic N) is 1. The van der Waals surface area contributed by atoms with Gasteiger partial charge in [0.2, 0.25) is 0 Å². The molecule has 0 aromatic carbocycles. The molecular weight excluding hydrogens is 297 g/mol. The Morgan fingerprint density at radius 3 is 2.33 bits per heavy atom. The summed E-state index contributed by atoms with van der Waals surface area (Å²) in [6, 6.07) is 0. The van der Waals surface area contributed by atoms with Crippen LogP contribution in [0.1, 0.15) is 54.6 Å². The lowest BCUT2D eigenvalue weighted by Crippen LogP contribution is -2.47. The number of hydrogen-bond donors (Lipinski definition) is 1. The number of hydrogen-bond acceptors (Lipinski definition) is 3. The normalized spacial score (nSPS) is 27.0. The van der Waals surface area contributed by atoms with E-state index in [9.17, 15) is 13.2 Å². The third-order valence-corrected chi connectivity index (χ3v) is 5.73. The van der Waals surface area contributed by atoms with Crippen LogP contribution in [0.5, 0.6) is 0 Å². The summed E-state index contributed by atoms with van der Waals surface area (Å²) in [5, 5.41) is 4.46. The lowest BCUT2D eigenvalue weighted by Gasteiger charge is -2.40. The Morgan fingerprint density at radius 2 is 1.90 bits per heavy atom. The van der Waals surface area contributed by atoms with E-state index in [1.54, 1.807) is 11.3 Å². The van der Waals surface area contributed by atoms with Crippen molar-refractivity contribution in [2.75, 3.05) is 6.54 Å². The number of aryl methyl sites for hydroxylation is 2. The van der Waals surface area contributed by atoms with Crippen LogP contribution < -0.4 is 5.32 Å². The first-order valence-electron chi connectivity index (χ1n) is 7.55. The van der Waals surface area contributed by atoms with E-state index in [2.05, 4.69) is 17.2 Å². The van der Waals surface area contributed by atoms with Crippen molar-refractivity contribution in [2.24, 2.45) is 5.92 Å². The van der Waals surface area contributed by atoms with Gasteiger partial charge in [0.15, 0.2) is 0 Å². The van der Waals surface area contributed by atoms with E-state index in [1.165, 1.54) is 0 Å². The Bertz CT molecular complexity index is 454. The second-order valence-electron chi connectivity index (χ2n) is 5.99. The molecule has 1 N–H and O–H groups in total. The average molecular weight is 320 g/mol. The molecule has 0 saturated heterocycles. The molecule has 2 nitrogen and oxygen atoms in total. The maximum absolute atomic E-state index is 12.9. The van der Waals surface area contributed by atoms with E-state index >= 15 is 0 Å². The maximum Gasteiger partial charge on any atom is 0.391 e. The fourth-order valence-corrected chi connectivity index (χ4v) is 4.08. The molecule has 1 saturated carbocycles. The van der Waals surface area contributed by atoms with Gasteiger partial charge in [-0.05, 0) is 52.5 Å². The fraction of sp³-hybridized carbons (Fsp3) is 0.800. The van der Waals surface area contributed by atoms with Crippen molar-refractivity contribution in [3.63, 3.8) is 0 Å². The Balaban J connectivity index is 2.20. The largest absolute Gasteiger partial charge is 0.391 e. The summed E-state index contributed by atoms with van der Waals surface area (Å²) >= 11 is 1.62. The first-order chi connectivity index (χ1) is 9.78. The van der Waals surface area contributed by atoms with Gasteiger partial charge in [-0.2, -0.15) is 13.2 Å². The highest BCUT2D eigenvalue weighted by Gasteiger charge is 2.47. The number of alkyl halides is 3. The van der Waals surface area contributed by atoms with Gasteiger partial charge in [0.25, 0.3) is 0 Å². The Kier molecular flexibility index (Phi) is 4.98. The minimum absolute atomic E-state index is 0.192. The zero-order valence-electron chi connectivity index (χ0n) is 12.8. The first kappa shape index (κ1) is 16.7. The first-order valence-corrected chi connectivity index (χ1v) is 8.36. The van der Waals surface area contributed by atoms with Crippen molar-refractivity contribution < 1.29 is 13.2 Å². The summed E-state index contributed by atoms with van der Waals surface area (Å²) in [5.41, 5.74) is 0.632. The lowest BCUT2D eigenvalue weighted by molar-refractivity contribution is -0.185. The molecule has 1 heterocycles. The highest BCUT2D eigenvalue weighted by molar-refractivity contribution is 7.11. The third kappa shape index (κ3) is 3.59.